The summed E-state index contributed by atoms with van der Waals surface area (Å²) < 4.78 is 11.2. The lowest BCUT2D eigenvalue weighted by atomic mass is 9.89. The highest BCUT2D eigenvalue weighted by atomic mass is 35.5. The van der Waals surface area contributed by atoms with Crippen LogP contribution in [0.25, 0.3) is 11.1 Å². The van der Waals surface area contributed by atoms with Crippen LogP contribution in [0, 0.1) is 0 Å². The van der Waals surface area contributed by atoms with Crippen molar-refractivity contribution in [2.75, 3.05) is 27.3 Å². The predicted octanol–water partition coefficient (Wildman–Crippen LogP) is 6.19. The molecular formula is C29H33ClN2O5. The van der Waals surface area contributed by atoms with Crippen LogP contribution in [0.3, 0.4) is 0 Å². The van der Waals surface area contributed by atoms with Crippen molar-refractivity contribution in [2.45, 2.75) is 44.9 Å². The number of aromatic hydroxyl groups is 2. The molecule has 1 saturated heterocycles. The maximum Gasteiger partial charge on any atom is 0.263 e. The third-order valence-corrected chi connectivity index (χ3v) is 7.22. The van der Waals surface area contributed by atoms with E-state index in [-0.39, 0.29) is 17.2 Å². The Balaban J connectivity index is 1.72. The molecule has 1 amide bonds. The molecule has 8 heteroatoms. The van der Waals surface area contributed by atoms with E-state index in [2.05, 4.69) is 11.1 Å². The van der Waals surface area contributed by atoms with Crippen LogP contribution in [0.15, 0.2) is 42.5 Å². The Morgan fingerprint density at radius 3 is 2.30 bits per heavy atom. The second kappa shape index (κ2) is 11.7. The number of ether oxygens (including phenoxy) is 2. The van der Waals surface area contributed by atoms with Crippen molar-refractivity contribution in [3.05, 3.63) is 64.3 Å². The Morgan fingerprint density at radius 2 is 1.70 bits per heavy atom. The summed E-state index contributed by atoms with van der Waals surface area (Å²) in [6, 6.07) is 13.1. The molecule has 2 aromatic carbocycles. The van der Waals surface area contributed by atoms with Crippen molar-refractivity contribution in [1.29, 1.82) is 0 Å². The number of aryl methyl sites for hydroxylation is 1. The van der Waals surface area contributed by atoms with Gasteiger partial charge in [-0.3, -0.25) is 4.79 Å². The molecule has 2 N–H and O–H groups in total. The highest BCUT2D eigenvalue weighted by molar-refractivity contribution is 6.30. The third-order valence-electron chi connectivity index (χ3n) is 6.99. The van der Waals surface area contributed by atoms with Crippen LogP contribution in [-0.2, 0) is 6.42 Å². The van der Waals surface area contributed by atoms with E-state index >= 15 is 0 Å². The smallest absolute Gasteiger partial charge is 0.263 e. The Kier molecular flexibility index (Phi) is 8.44. The van der Waals surface area contributed by atoms with E-state index in [0.29, 0.717) is 52.9 Å². The average molecular weight is 525 g/mol. The fraction of sp³-hybridized carbons (Fsp3) is 0.379. The number of benzene rings is 2. The minimum Gasteiger partial charge on any atom is -0.506 e. The number of halogens is 1. The number of amides is 1. The number of pyridine rings is 1. The van der Waals surface area contributed by atoms with Gasteiger partial charge in [0.2, 0.25) is 5.88 Å². The predicted molar refractivity (Wildman–Crippen MR) is 144 cm³/mol. The molecule has 1 aliphatic heterocycles. The molecule has 0 radical (unpaired) electrons. The fourth-order valence-electron chi connectivity index (χ4n) is 5.02. The molecule has 2 heterocycles. The van der Waals surface area contributed by atoms with Crippen LogP contribution < -0.4 is 9.47 Å². The second-order valence-electron chi connectivity index (χ2n) is 9.24. The molecule has 37 heavy (non-hydrogen) atoms. The van der Waals surface area contributed by atoms with Crippen molar-refractivity contribution in [3.8, 4) is 34.3 Å². The highest BCUT2D eigenvalue weighted by Crippen LogP contribution is 2.47. The Morgan fingerprint density at radius 1 is 1.05 bits per heavy atom. The number of piperidine rings is 1. The zero-order valence-electron chi connectivity index (χ0n) is 21.5. The molecule has 0 saturated carbocycles. The molecule has 1 fully saturated rings. The van der Waals surface area contributed by atoms with Crippen molar-refractivity contribution in [2.24, 2.45) is 0 Å². The van der Waals surface area contributed by atoms with Crippen molar-refractivity contribution < 1.29 is 24.5 Å². The van der Waals surface area contributed by atoms with Gasteiger partial charge in [-0.25, -0.2) is 4.98 Å². The summed E-state index contributed by atoms with van der Waals surface area (Å²) >= 11 is 6.17. The molecule has 0 aliphatic carbocycles. The van der Waals surface area contributed by atoms with Gasteiger partial charge in [-0.2, -0.15) is 0 Å². The van der Waals surface area contributed by atoms with Gasteiger partial charge in [0, 0.05) is 18.1 Å². The van der Waals surface area contributed by atoms with Gasteiger partial charge in [-0.05, 0) is 61.4 Å². The molecule has 3 aromatic rings. The lowest BCUT2D eigenvalue weighted by Crippen LogP contribution is -2.38. The van der Waals surface area contributed by atoms with Gasteiger partial charge >= 0.3 is 0 Å². The minimum atomic E-state index is -0.469. The highest BCUT2D eigenvalue weighted by Gasteiger charge is 2.32. The van der Waals surface area contributed by atoms with E-state index in [1.165, 1.54) is 14.2 Å². The van der Waals surface area contributed by atoms with E-state index in [4.69, 9.17) is 21.1 Å². The number of methoxy groups -OCH3 is 2. The number of carbonyl (C=O) groups is 1. The zero-order valence-corrected chi connectivity index (χ0v) is 22.2. The first-order chi connectivity index (χ1) is 17.9. The number of hydrogen-bond donors (Lipinski definition) is 2. The number of aromatic nitrogens is 1. The van der Waals surface area contributed by atoms with Gasteiger partial charge in [0.15, 0.2) is 0 Å². The van der Waals surface area contributed by atoms with Gasteiger partial charge < -0.3 is 24.6 Å². The van der Waals surface area contributed by atoms with E-state index in [0.717, 1.165) is 31.2 Å². The molecule has 0 unspecified atom stereocenters. The van der Waals surface area contributed by atoms with E-state index in [1.54, 1.807) is 23.1 Å². The summed E-state index contributed by atoms with van der Waals surface area (Å²) in [4.78, 5) is 19.7. The largest absolute Gasteiger partial charge is 0.506 e. The topological polar surface area (TPSA) is 92.1 Å². The number of hydrogen-bond acceptors (Lipinski definition) is 6. The summed E-state index contributed by atoms with van der Waals surface area (Å²) in [6.07, 6.45) is 3.70. The molecule has 1 aliphatic rings. The van der Waals surface area contributed by atoms with E-state index in [1.807, 2.05) is 25.1 Å². The quantitative estimate of drug-likeness (QED) is 0.365. The second-order valence-corrected chi connectivity index (χ2v) is 9.68. The molecule has 0 bridgehead atoms. The first-order valence-electron chi connectivity index (χ1n) is 12.6. The van der Waals surface area contributed by atoms with Crippen LogP contribution in [0.1, 0.15) is 60.1 Å². The van der Waals surface area contributed by atoms with Crippen molar-refractivity contribution in [3.63, 3.8) is 0 Å². The van der Waals surface area contributed by atoms with Crippen LogP contribution >= 0.6 is 11.6 Å². The SMILES string of the molecule is CCCCc1nc(O)c(C(=O)N2CCC(c3cccc(Cl)c3)CC2)c(O)c1-c1c(OC)cccc1OC. The normalized spacial score (nSPS) is 14.0. The molecule has 4 rings (SSSR count). The average Bonchev–Trinajstić information content (AvgIpc) is 2.91. The van der Waals surface area contributed by atoms with Crippen LogP contribution in [0.2, 0.25) is 5.02 Å². The van der Waals surface area contributed by atoms with E-state index in [9.17, 15) is 15.0 Å². The number of unbranched alkanes of at least 4 members (excludes halogenated alkanes) is 1. The summed E-state index contributed by atoms with van der Waals surface area (Å²) in [5.41, 5.74) is 2.27. The maximum atomic E-state index is 13.6. The standard InChI is InChI=1S/C29H33ClN2O5/c1-4-5-10-21-24(25-22(36-2)11-7-12-23(25)37-3)27(33)26(28(34)31-21)29(35)32-15-13-18(14-16-32)19-8-6-9-20(30)17-19/h6-9,11-12,17-18H,4-5,10,13-16H2,1-3H3,(H2,31,33,34). The number of likely N-dealkylation sites (tertiary alicyclic amines) is 1. The summed E-state index contributed by atoms with van der Waals surface area (Å²) in [5.74, 6) is -0.00936. The summed E-state index contributed by atoms with van der Waals surface area (Å²) in [6.45, 7) is 3.02. The maximum absolute atomic E-state index is 13.6. The van der Waals surface area contributed by atoms with E-state index < -0.39 is 11.8 Å². The fourth-order valence-corrected chi connectivity index (χ4v) is 5.22. The zero-order chi connectivity index (χ0) is 26.5. The first kappa shape index (κ1) is 26.6. The molecule has 196 valence electrons. The van der Waals surface area contributed by atoms with Crippen LogP contribution in [0.5, 0.6) is 23.1 Å². The number of rotatable bonds is 8. The lowest BCUT2D eigenvalue weighted by Gasteiger charge is -2.32. The molecule has 1 aromatic heterocycles. The third kappa shape index (κ3) is 5.47. The monoisotopic (exact) mass is 524 g/mol. The number of carbonyl (C=O) groups excluding carboxylic acids is 1. The number of nitrogens with zero attached hydrogens (tertiary/aromatic N) is 2. The van der Waals surface area contributed by atoms with Gasteiger partial charge in [0.05, 0.1) is 31.0 Å². The van der Waals surface area contributed by atoms with Gasteiger partial charge in [-0.1, -0.05) is 43.1 Å². The van der Waals surface area contributed by atoms with Crippen LogP contribution in [0.4, 0.5) is 0 Å². The Bertz CT molecular complexity index is 1250. The van der Waals surface area contributed by atoms with Gasteiger partial charge in [0.1, 0.15) is 22.8 Å². The van der Waals surface area contributed by atoms with Crippen molar-refractivity contribution in [1.82, 2.24) is 9.88 Å². The molecule has 7 nitrogen and oxygen atoms in total. The minimum absolute atomic E-state index is 0.204. The molecule has 0 spiro atoms. The first-order valence-corrected chi connectivity index (χ1v) is 13.0. The van der Waals surface area contributed by atoms with Crippen LogP contribution in [-0.4, -0.2) is 53.3 Å². The Hall–Kier alpha value is -3.45. The summed E-state index contributed by atoms with van der Waals surface area (Å²) in [5, 5.41) is 23.1. The molecule has 0 atom stereocenters. The van der Waals surface area contributed by atoms with Gasteiger partial charge in [-0.15, -0.1) is 0 Å². The lowest BCUT2D eigenvalue weighted by molar-refractivity contribution is 0.0706. The van der Waals surface area contributed by atoms with Crippen molar-refractivity contribution >= 4 is 17.5 Å². The molecular weight excluding hydrogens is 492 g/mol. The summed E-state index contributed by atoms with van der Waals surface area (Å²) in [7, 11) is 3.07. The Labute approximate surface area is 222 Å². The van der Waals surface area contributed by atoms with Gasteiger partial charge in [0.25, 0.3) is 5.91 Å².